The summed E-state index contributed by atoms with van der Waals surface area (Å²) in [6.45, 7) is 6.22. The van der Waals surface area contributed by atoms with Crippen LogP contribution in [-0.2, 0) is 0 Å². The van der Waals surface area contributed by atoms with Crippen LogP contribution in [0.4, 0.5) is 0 Å². The molecule has 2 atom stereocenters. The Morgan fingerprint density at radius 2 is 2.00 bits per heavy atom. The fraction of sp³-hybridized carbons (Fsp3) is 0.462. The largest absolute Gasteiger partial charge is 0.483 e. The van der Waals surface area contributed by atoms with Gasteiger partial charge >= 0.3 is 0 Å². The van der Waals surface area contributed by atoms with E-state index in [1.807, 2.05) is 25.1 Å². The molecule has 88 valence electrons. The van der Waals surface area contributed by atoms with Crippen LogP contribution in [0.3, 0.4) is 0 Å². The molecule has 0 radical (unpaired) electrons. The third-order valence-electron chi connectivity index (χ3n) is 2.77. The summed E-state index contributed by atoms with van der Waals surface area (Å²) in [5, 5.41) is 0. The number of para-hydroxylation sites is 1. The average Bonchev–Trinajstić information content (AvgIpc) is 2.28. The molecule has 1 aromatic carbocycles. The van der Waals surface area contributed by atoms with E-state index in [2.05, 4.69) is 19.9 Å². The first kappa shape index (κ1) is 13.0. The summed E-state index contributed by atoms with van der Waals surface area (Å²) in [5.41, 5.74) is 6.76. The monoisotopic (exact) mass is 237 g/mol. The van der Waals surface area contributed by atoms with E-state index in [-0.39, 0.29) is 6.10 Å². The zero-order valence-corrected chi connectivity index (χ0v) is 10.9. The summed E-state index contributed by atoms with van der Waals surface area (Å²) in [6.07, 6.45) is 0.863. The predicted octanol–water partition coefficient (Wildman–Crippen LogP) is 3.25. The van der Waals surface area contributed by atoms with Crippen molar-refractivity contribution in [3.05, 3.63) is 29.8 Å². The predicted molar refractivity (Wildman–Crippen MR) is 72.0 cm³/mol. The summed E-state index contributed by atoms with van der Waals surface area (Å²) in [7, 11) is 0. The van der Waals surface area contributed by atoms with Gasteiger partial charge in [-0.05, 0) is 30.9 Å². The van der Waals surface area contributed by atoms with Crippen LogP contribution in [0.15, 0.2) is 24.3 Å². The van der Waals surface area contributed by atoms with Gasteiger partial charge in [0.2, 0.25) is 0 Å². The van der Waals surface area contributed by atoms with Gasteiger partial charge in [-0.3, -0.25) is 0 Å². The molecule has 0 heterocycles. The standard InChI is InChI=1S/C13H19NOS/c1-4-9(2)11-7-5-6-8-12(11)15-10(3)13(14)16/h5-10H,4H2,1-3H3,(H2,14,16). The van der Waals surface area contributed by atoms with Gasteiger partial charge in [0.15, 0.2) is 0 Å². The van der Waals surface area contributed by atoms with Crippen LogP contribution in [0.25, 0.3) is 0 Å². The molecule has 3 heteroatoms. The lowest BCUT2D eigenvalue weighted by Crippen LogP contribution is -2.29. The number of nitrogens with two attached hydrogens (primary N) is 1. The van der Waals surface area contributed by atoms with Crippen molar-refractivity contribution >= 4 is 17.2 Å². The van der Waals surface area contributed by atoms with E-state index in [1.165, 1.54) is 5.56 Å². The van der Waals surface area contributed by atoms with Crippen molar-refractivity contribution in [2.45, 2.75) is 39.2 Å². The van der Waals surface area contributed by atoms with Crippen LogP contribution in [0.2, 0.25) is 0 Å². The molecule has 0 aliphatic carbocycles. The van der Waals surface area contributed by atoms with Crippen molar-refractivity contribution < 1.29 is 4.74 Å². The molecule has 0 spiro atoms. The highest BCUT2D eigenvalue weighted by molar-refractivity contribution is 7.80. The van der Waals surface area contributed by atoms with Crippen LogP contribution in [0.1, 0.15) is 38.7 Å². The molecule has 0 amide bonds. The zero-order valence-electron chi connectivity index (χ0n) is 10.1. The number of ether oxygens (including phenoxy) is 1. The zero-order chi connectivity index (χ0) is 12.1. The third-order valence-corrected chi connectivity index (χ3v) is 3.10. The van der Waals surface area contributed by atoms with E-state index in [0.717, 1.165) is 12.2 Å². The number of benzene rings is 1. The van der Waals surface area contributed by atoms with Crippen LogP contribution in [-0.4, -0.2) is 11.1 Å². The second-order valence-corrected chi connectivity index (χ2v) is 4.48. The molecule has 0 aliphatic rings. The molecule has 2 N–H and O–H groups in total. The van der Waals surface area contributed by atoms with Crippen molar-refractivity contribution in [1.29, 1.82) is 0 Å². The minimum Gasteiger partial charge on any atom is -0.483 e. The second kappa shape index (κ2) is 5.85. The van der Waals surface area contributed by atoms with Crippen LogP contribution in [0, 0.1) is 0 Å². The van der Waals surface area contributed by atoms with Gasteiger partial charge in [-0.2, -0.15) is 0 Å². The highest BCUT2D eigenvalue weighted by Gasteiger charge is 2.13. The van der Waals surface area contributed by atoms with E-state index < -0.39 is 0 Å². The van der Waals surface area contributed by atoms with Crippen molar-refractivity contribution in [3.63, 3.8) is 0 Å². The Morgan fingerprint density at radius 3 is 2.56 bits per heavy atom. The molecule has 0 saturated carbocycles. The van der Waals surface area contributed by atoms with Crippen molar-refractivity contribution in [3.8, 4) is 5.75 Å². The van der Waals surface area contributed by atoms with Gasteiger partial charge in [0, 0.05) is 0 Å². The number of hydrogen-bond donors (Lipinski definition) is 1. The lowest BCUT2D eigenvalue weighted by Gasteiger charge is -2.19. The number of thiocarbonyl (C=S) groups is 1. The van der Waals surface area contributed by atoms with E-state index in [0.29, 0.717) is 10.9 Å². The molecule has 1 aromatic rings. The van der Waals surface area contributed by atoms with Gasteiger partial charge in [0.1, 0.15) is 16.8 Å². The lowest BCUT2D eigenvalue weighted by molar-refractivity contribution is 0.284. The van der Waals surface area contributed by atoms with Crippen LogP contribution >= 0.6 is 12.2 Å². The number of hydrogen-bond acceptors (Lipinski definition) is 2. The minimum absolute atomic E-state index is 0.222. The molecule has 2 unspecified atom stereocenters. The normalized spacial score (nSPS) is 14.2. The Labute approximate surface area is 103 Å². The topological polar surface area (TPSA) is 35.2 Å². The highest BCUT2D eigenvalue weighted by Crippen LogP contribution is 2.28. The molecular weight excluding hydrogens is 218 g/mol. The Bertz CT molecular complexity index is 365. The number of rotatable bonds is 5. The molecule has 0 aromatic heterocycles. The van der Waals surface area contributed by atoms with Crippen molar-refractivity contribution in [2.75, 3.05) is 0 Å². The molecule has 16 heavy (non-hydrogen) atoms. The van der Waals surface area contributed by atoms with Crippen molar-refractivity contribution in [1.82, 2.24) is 0 Å². The average molecular weight is 237 g/mol. The van der Waals surface area contributed by atoms with Gasteiger partial charge in [-0.25, -0.2) is 0 Å². The van der Waals surface area contributed by atoms with E-state index in [1.54, 1.807) is 0 Å². The van der Waals surface area contributed by atoms with Crippen molar-refractivity contribution in [2.24, 2.45) is 5.73 Å². The maximum atomic E-state index is 5.76. The maximum absolute atomic E-state index is 5.76. The fourth-order valence-corrected chi connectivity index (χ4v) is 1.51. The smallest absolute Gasteiger partial charge is 0.145 e. The molecular formula is C13H19NOS. The Kier molecular flexibility index (Phi) is 4.74. The molecule has 0 fully saturated rings. The third kappa shape index (κ3) is 3.20. The molecule has 1 rings (SSSR count). The highest BCUT2D eigenvalue weighted by atomic mass is 32.1. The van der Waals surface area contributed by atoms with Gasteiger partial charge in [0.05, 0.1) is 0 Å². The van der Waals surface area contributed by atoms with E-state index in [9.17, 15) is 0 Å². The SMILES string of the molecule is CCC(C)c1ccccc1OC(C)C(N)=S. The molecule has 0 aliphatic heterocycles. The first-order chi connectivity index (χ1) is 7.56. The first-order valence-electron chi connectivity index (χ1n) is 5.61. The van der Waals surface area contributed by atoms with Gasteiger partial charge < -0.3 is 10.5 Å². The summed E-state index contributed by atoms with van der Waals surface area (Å²) in [4.78, 5) is 0.388. The Hall–Kier alpha value is -1.09. The van der Waals surface area contributed by atoms with Crippen LogP contribution in [0.5, 0.6) is 5.75 Å². The Morgan fingerprint density at radius 1 is 1.38 bits per heavy atom. The summed E-state index contributed by atoms with van der Waals surface area (Å²) in [6, 6.07) is 8.05. The minimum atomic E-state index is -0.222. The quantitative estimate of drug-likeness (QED) is 0.798. The molecule has 0 bridgehead atoms. The van der Waals surface area contributed by atoms with Crippen LogP contribution < -0.4 is 10.5 Å². The first-order valence-corrected chi connectivity index (χ1v) is 6.02. The summed E-state index contributed by atoms with van der Waals surface area (Å²) >= 11 is 4.91. The van der Waals surface area contributed by atoms with E-state index >= 15 is 0 Å². The summed E-state index contributed by atoms with van der Waals surface area (Å²) < 4.78 is 5.76. The second-order valence-electron chi connectivity index (χ2n) is 4.01. The maximum Gasteiger partial charge on any atom is 0.145 e. The van der Waals surface area contributed by atoms with E-state index in [4.69, 9.17) is 22.7 Å². The molecule has 0 saturated heterocycles. The summed E-state index contributed by atoms with van der Waals surface area (Å²) in [5.74, 6) is 1.37. The van der Waals surface area contributed by atoms with Gasteiger partial charge in [-0.15, -0.1) is 0 Å². The molecule has 2 nitrogen and oxygen atoms in total. The van der Waals surface area contributed by atoms with Gasteiger partial charge in [0.25, 0.3) is 0 Å². The van der Waals surface area contributed by atoms with Gasteiger partial charge in [-0.1, -0.05) is 44.3 Å². The lowest BCUT2D eigenvalue weighted by atomic mass is 9.98. The Balaban J connectivity index is 2.90. The fourth-order valence-electron chi connectivity index (χ4n) is 1.46.